The van der Waals surface area contributed by atoms with Gasteiger partial charge in [-0.05, 0) is 31.2 Å². The number of carbonyl (C=O) groups excluding carboxylic acids is 1. The van der Waals surface area contributed by atoms with E-state index in [2.05, 4.69) is 10.3 Å². The van der Waals surface area contributed by atoms with Crippen molar-refractivity contribution in [1.29, 1.82) is 0 Å². The van der Waals surface area contributed by atoms with Gasteiger partial charge in [-0.2, -0.15) is 0 Å². The van der Waals surface area contributed by atoms with Gasteiger partial charge < -0.3 is 5.32 Å². The summed E-state index contributed by atoms with van der Waals surface area (Å²) in [7, 11) is 0. The fraction of sp³-hybridized carbons (Fsp3) is 0.143. The van der Waals surface area contributed by atoms with E-state index in [-0.39, 0.29) is 11.2 Å². The smallest absolute Gasteiger partial charge is 0.237 e. The fourth-order valence-corrected chi connectivity index (χ4v) is 2.33. The van der Waals surface area contributed by atoms with Gasteiger partial charge in [0, 0.05) is 11.1 Å². The maximum Gasteiger partial charge on any atom is 0.237 e. The average Bonchev–Trinajstić information content (AvgIpc) is 2.41. The van der Waals surface area contributed by atoms with E-state index < -0.39 is 0 Å². The van der Waals surface area contributed by atoms with Crippen LogP contribution in [0.1, 0.15) is 6.92 Å². The minimum absolute atomic E-state index is 0.0168. The molecule has 0 aliphatic heterocycles. The van der Waals surface area contributed by atoms with Crippen molar-refractivity contribution in [2.75, 3.05) is 5.32 Å². The Morgan fingerprint density at radius 1 is 1.22 bits per heavy atom. The first-order chi connectivity index (χ1) is 8.75. The Morgan fingerprint density at radius 3 is 2.67 bits per heavy atom. The first kappa shape index (κ1) is 12.6. The molecule has 92 valence electrons. The zero-order valence-electron chi connectivity index (χ0n) is 10.0. The number of thioether (sulfide) groups is 1. The molecule has 0 aliphatic carbocycles. The molecule has 0 bridgehead atoms. The highest BCUT2D eigenvalue weighted by atomic mass is 32.2. The molecular formula is C14H14N2OS. The molecule has 1 atom stereocenters. The summed E-state index contributed by atoms with van der Waals surface area (Å²) in [6.45, 7) is 1.89. The number of pyridine rings is 1. The Bertz CT molecular complexity index is 502. The molecule has 1 amide bonds. The molecular weight excluding hydrogens is 244 g/mol. The maximum absolute atomic E-state index is 12.0. The summed E-state index contributed by atoms with van der Waals surface area (Å²) in [5.74, 6) is -0.0168. The minimum atomic E-state index is -0.146. The molecule has 0 fully saturated rings. The summed E-state index contributed by atoms with van der Waals surface area (Å²) in [5.41, 5.74) is 0.725. The first-order valence-electron chi connectivity index (χ1n) is 5.68. The molecule has 1 heterocycles. The number of carbonyl (C=O) groups is 1. The minimum Gasteiger partial charge on any atom is -0.324 e. The van der Waals surface area contributed by atoms with Gasteiger partial charge in [0.15, 0.2) is 0 Å². The summed E-state index contributed by atoms with van der Waals surface area (Å²) >= 11 is 1.54. The highest BCUT2D eigenvalue weighted by Crippen LogP contribution is 2.23. The monoisotopic (exact) mass is 258 g/mol. The van der Waals surface area contributed by atoms with Crippen LogP contribution in [0.3, 0.4) is 0 Å². The number of rotatable bonds is 4. The van der Waals surface area contributed by atoms with Gasteiger partial charge in [0.1, 0.15) is 0 Å². The molecule has 18 heavy (non-hydrogen) atoms. The van der Waals surface area contributed by atoms with Crippen LogP contribution in [-0.4, -0.2) is 16.1 Å². The number of nitrogens with zero attached hydrogens (tertiary/aromatic N) is 1. The standard InChI is InChI=1S/C14H14N2OS/c1-11(18-13-7-3-2-4-8-13)14(17)16-12-6-5-9-15-10-12/h2-11H,1H3,(H,16,17)/t11-/m0/s1. The van der Waals surface area contributed by atoms with Crippen molar-refractivity contribution in [1.82, 2.24) is 4.98 Å². The first-order valence-corrected chi connectivity index (χ1v) is 6.56. The lowest BCUT2D eigenvalue weighted by Crippen LogP contribution is -2.22. The van der Waals surface area contributed by atoms with Crippen LogP contribution in [0.2, 0.25) is 0 Å². The molecule has 0 saturated heterocycles. The average molecular weight is 258 g/mol. The van der Waals surface area contributed by atoms with Gasteiger partial charge in [0.2, 0.25) is 5.91 Å². The third-order valence-corrected chi connectivity index (χ3v) is 3.47. The molecule has 1 N–H and O–H groups in total. The number of amides is 1. The Labute approximate surface area is 111 Å². The van der Waals surface area contributed by atoms with Gasteiger partial charge in [-0.15, -0.1) is 11.8 Å². The van der Waals surface area contributed by atoms with Crippen molar-refractivity contribution in [2.24, 2.45) is 0 Å². The number of hydrogen-bond acceptors (Lipinski definition) is 3. The number of anilines is 1. The Balaban J connectivity index is 1.93. The van der Waals surface area contributed by atoms with E-state index in [9.17, 15) is 4.79 Å². The van der Waals surface area contributed by atoms with Crippen LogP contribution in [-0.2, 0) is 4.79 Å². The van der Waals surface area contributed by atoms with Gasteiger partial charge >= 0.3 is 0 Å². The summed E-state index contributed by atoms with van der Waals surface area (Å²) in [6.07, 6.45) is 3.32. The topological polar surface area (TPSA) is 42.0 Å². The quantitative estimate of drug-likeness (QED) is 0.856. The third-order valence-electron chi connectivity index (χ3n) is 2.35. The van der Waals surface area contributed by atoms with Crippen molar-refractivity contribution >= 4 is 23.4 Å². The highest BCUT2D eigenvalue weighted by molar-refractivity contribution is 8.00. The lowest BCUT2D eigenvalue weighted by Gasteiger charge is -2.11. The van der Waals surface area contributed by atoms with E-state index in [4.69, 9.17) is 0 Å². The van der Waals surface area contributed by atoms with Crippen LogP contribution in [0.25, 0.3) is 0 Å². The number of aromatic nitrogens is 1. The van der Waals surface area contributed by atoms with E-state index >= 15 is 0 Å². The molecule has 0 aliphatic rings. The van der Waals surface area contributed by atoms with Gasteiger partial charge in [0.25, 0.3) is 0 Å². The van der Waals surface area contributed by atoms with Crippen LogP contribution < -0.4 is 5.32 Å². The van der Waals surface area contributed by atoms with Crippen molar-refractivity contribution in [2.45, 2.75) is 17.1 Å². The van der Waals surface area contributed by atoms with Crippen molar-refractivity contribution < 1.29 is 4.79 Å². The van der Waals surface area contributed by atoms with E-state index in [0.29, 0.717) is 0 Å². The highest BCUT2D eigenvalue weighted by Gasteiger charge is 2.14. The third kappa shape index (κ3) is 3.60. The normalized spacial score (nSPS) is 11.8. The lowest BCUT2D eigenvalue weighted by molar-refractivity contribution is -0.115. The van der Waals surface area contributed by atoms with Crippen LogP contribution in [0.15, 0.2) is 59.8 Å². The second-order valence-corrected chi connectivity index (χ2v) is 5.22. The zero-order chi connectivity index (χ0) is 12.8. The molecule has 4 heteroatoms. The molecule has 0 radical (unpaired) electrons. The van der Waals surface area contributed by atoms with Crippen molar-refractivity contribution in [3.63, 3.8) is 0 Å². The van der Waals surface area contributed by atoms with E-state index in [0.717, 1.165) is 10.6 Å². The van der Waals surface area contributed by atoms with Crippen LogP contribution in [0.4, 0.5) is 5.69 Å². The Morgan fingerprint density at radius 2 is 2.00 bits per heavy atom. The molecule has 1 aromatic heterocycles. The van der Waals surface area contributed by atoms with Crippen LogP contribution in [0.5, 0.6) is 0 Å². The fourth-order valence-electron chi connectivity index (χ4n) is 1.44. The van der Waals surface area contributed by atoms with Gasteiger partial charge in [-0.1, -0.05) is 18.2 Å². The molecule has 0 spiro atoms. The van der Waals surface area contributed by atoms with Gasteiger partial charge in [-0.3, -0.25) is 9.78 Å². The van der Waals surface area contributed by atoms with Crippen molar-refractivity contribution in [3.8, 4) is 0 Å². The Hall–Kier alpha value is -1.81. The predicted octanol–water partition coefficient (Wildman–Crippen LogP) is 3.20. The summed E-state index contributed by atoms with van der Waals surface area (Å²) in [6, 6.07) is 13.5. The lowest BCUT2D eigenvalue weighted by atomic mass is 10.4. The van der Waals surface area contributed by atoms with Crippen molar-refractivity contribution in [3.05, 3.63) is 54.9 Å². The van der Waals surface area contributed by atoms with E-state index in [1.807, 2.05) is 43.3 Å². The Kier molecular flexibility index (Phi) is 4.36. The molecule has 1 aromatic carbocycles. The number of nitrogens with one attached hydrogen (secondary N) is 1. The summed E-state index contributed by atoms with van der Waals surface area (Å²) in [4.78, 5) is 17.0. The van der Waals surface area contributed by atoms with Gasteiger partial charge in [0.05, 0.1) is 17.1 Å². The molecule has 2 aromatic rings. The number of hydrogen-bond donors (Lipinski definition) is 1. The summed E-state index contributed by atoms with van der Waals surface area (Å²) in [5, 5.41) is 2.69. The zero-order valence-corrected chi connectivity index (χ0v) is 10.9. The molecule has 3 nitrogen and oxygen atoms in total. The van der Waals surface area contributed by atoms with Crippen LogP contribution in [0, 0.1) is 0 Å². The van der Waals surface area contributed by atoms with E-state index in [1.54, 1.807) is 18.5 Å². The van der Waals surface area contributed by atoms with E-state index in [1.165, 1.54) is 11.8 Å². The molecule has 0 unspecified atom stereocenters. The van der Waals surface area contributed by atoms with Crippen LogP contribution >= 0.6 is 11.8 Å². The predicted molar refractivity (Wildman–Crippen MR) is 74.6 cm³/mol. The SMILES string of the molecule is C[C@H](Sc1ccccc1)C(=O)Nc1cccnc1. The number of benzene rings is 1. The summed E-state index contributed by atoms with van der Waals surface area (Å²) < 4.78 is 0. The second-order valence-electron chi connectivity index (χ2n) is 3.80. The molecule has 0 saturated carbocycles. The second kappa shape index (κ2) is 6.21. The largest absolute Gasteiger partial charge is 0.324 e. The molecule has 2 rings (SSSR count). The van der Waals surface area contributed by atoms with Gasteiger partial charge in [-0.25, -0.2) is 0 Å². The maximum atomic E-state index is 12.0.